The van der Waals surface area contributed by atoms with Crippen LogP contribution in [-0.2, 0) is 22.5 Å². The summed E-state index contributed by atoms with van der Waals surface area (Å²) >= 11 is 0. The third kappa shape index (κ3) is 2.87. The molecule has 6 heteroatoms. The van der Waals surface area contributed by atoms with Crippen molar-refractivity contribution in [2.45, 2.75) is 44.6 Å². The first-order valence-electron chi connectivity index (χ1n) is 6.42. The second-order valence-corrected chi connectivity index (χ2v) is 4.76. The van der Waals surface area contributed by atoms with E-state index in [2.05, 4.69) is 10.3 Å². The van der Waals surface area contributed by atoms with E-state index in [0.717, 1.165) is 24.2 Å². The van der Waals surface area contributed by atoms with Crippen LogP contribution in [0.15, 0.2) is 0 Å². The van der Waals surface area contributed by atoms with Crippen molar-refractivity contribution in [1.82, 2.24) is 15.0 Å². The number of rotatable bonds is 6. The molecule has 0 spiro atoms. The van der Waals surface area contributed by atoms with Crippen molar-refractivity contribution in [2.24, 2.45) is 5.73 Å². The SMILES string of the molecule is COCCn1nnc(CC(N)=O)c1C1CCCC1. The van der Waals surface area contributed by atoms with Crippen molar-refractivity contribution in [3.63, 3.8) is 0 Å². The first kappa shape index (κ1) is 13.0. The molecular weight excluding hydrogens is 232 g/mol. The maximum atomic E-state index is 11.1. The topological polar surface area (TPSA) is 83.0 Å². The minimum absolute atomic E-state index is 0.179. The molecule has 0 aliphatic heterocycles. The molecule has 0 radical (unpaired) electrons. The number of nitrogens with zero attached hydrogens (tertiary/aromatic N) is 3. The number of aromatic nitrogens is 3. The highest BCUT2D eigenvalue weighted by Gasteiger charge is 2.26. The summed E-state index contributed by atoms with van der Waals surface area (Å²) < 4.78 is 6.95. The minimum atomic E-state index is -0.354. The zero-order valence-electron chi connectivity index (χ0n) is 10.8. The molecule has 1 aliphatic rings. The average molecular weight is 252 g/mol. The third-order valence-corrected chi connectivity index (χ3v) is 3.44. The number of carbonyl (C=O) groups excluding carboxylic acids is 1. The van der Waals surface area contributed by atoms with Crippen LogP contribution in [0.4, 0.5) is 0 Å². The van der Waals surface area contributed by atoms with Crippen molar-refractivity contribution < 1.29 is 9.53 Å². The van der Waals surface area contributed by atoms with Gasteiger partial charge >= 0.3 is 0 Å². The number of amides is 1. The van der Waals surface area contributed by atoms with E-state index >= 15 is 0 Å². The molecule has 1 amide bonds. The summed E-state index contributed by atoms with van der Waals surface area (Å²) in [7, 11) is 1.66. The third-order valence-electron chi connectivity index (χ3n) is 3.44. The van der Waals surface area contributed by atoms with Crippen LogP contribution in [0.5, 0.6) is 0 Å². The van der Waals surface area contributed by atoms with Crippen LogP contribution in [0.25, 0.3) is 0 Å². The van der Waals surface area contributed by atoms with E-state index in [1.54, 1.807) is 7.11 Å². The summed E-state index contributed by atoms with van der Waals surface area (Å²) in [6, 6.07) is 0. The smallest absolute Gasteiger partial charge is 0.223 e. The van der Waals surface area contributed by atoms with Gasteiger partial charge in [-0.15, -0.1) is 5.10 Å². The molecular formula is C12H20N4O2. The molecule has 2 rings (SSSR count). The van der Waals surface area contributed by atoms with Gasteiger partial charge in [-0.3, -0.25) is 4.79 Å². The van der Waals surface area contributed by atoms with Gasteiger partial charge in [0.2, 0.25) is 5.91 Å². The van der Waals surface area contributed by atoms with Crippen molar-refractivity contribution >= 4 is 5.91 Å². The van der Waals surface area contributed by atoms with Crippen molar-refractivity contribution in [3.8, 4) is 0 Å². The predicted octanol–water partition coefficient (Wildman–Crippen LogP) is 0.610. The van der Waals surface area contributed by atoms with E-state index in [1.807, 2.05) is 4.68 Å². The normalized spacial score (nSPS) is 16.3. The molecule has 100 valence electrons. The van der Waals surface area contributed by atoms with E-state index in [9.17, 15) is 4.79 Å². The van der Waals surface area contributed by atoms with Gasteiger partial charge < -0.3 is 10.5 Å². The first-order valence-corrected chi connectivity index (χ1v) is 6.42. The van der Waals surface area contributed by atoms with Crippen LogP contribution < -0.4 is 5.73 Å². The zero-order valence-corrected chi connectivity index (χ0v) is 10.8. The summed E-state index contributed by atoms with van der Waals surface area (Å²) in [5.74, 6) is 0.110. The maximum absolute atomic E-state index is 11.1. The fraction of sp³-hybridized carbons (Fsp3) is 0.750. The van der Waals surface area contributed by atoms with Crippen molar-refractivity contribution in [1.29, 1.82) is 0 Å². The van der Waals surface area contributed by atoms with Crippen molar-refractivity contribution in [2.75, 3.05) is 13.7 Å². The number of carbonyl (C=O) groups is 1. The van der Waals surface area contributed by atoms with Crippen molar-refractivity contribution in [3.05, 3.63) is 11.4 Å². The molecule has 0 atom stereocenters. The van der Waals surface area contributed by atoms with Gasteiger partial charge in [-0.1, -0.05) is 18.1 Å². The summed E-state index contributed by atoms with van der Waals surface area (Å²) in [6.45, 7) is 1.27. The molecule has 2 N–H and O–H groups in total. The van der Waals surface area contributed by atoms with Gasteiger partial charge in [-0.05, 0) is 12.8 Å². The fourth-order valence-electron chi connectivity index (χ4n) is 2.64. The molecule has 0 bridgehead atoms. The van der Waals surface area contributed by atoms with Crippen LogP contribution >= 0.6 is 0 Å². The second-order valence-electron chi connectivity index (χ2n) is 4.76. The Morgan fingerprint density at radius 2 is 2.22 bits per heavy atom. The van der Waals surface area contributed by atoms with Gasteiger partial charge in [-0.2, -0.15) is 0 Å². The Balaban J connectivity index is 2.23. The van der Waals surface area contributed by atoms with E-state index in [1.165, 1.54) is 12.8 Å². The number of hydrogen-bond acceptors (Lipinski definition) is 4. The number of nitrogens with two attached hydrogens (primary N) is 1. The van der Waals surface area contributed by atoms with Crippen LogP contribution in [0, 0.1) is 0 Å². The summed E-state index contributed by atoms with van der Waals surface area (Å²) in [5.41, 5.74) is 7.09. The predicted molar refractivity (Wildman–Crippen MR) is 66.0 cm³/mol. The van der Waals surface area contributed by atoms with Gasteiger partial charge in [0, 0.05) is 13.0 Å². The second kappa shape index (κ2) is 5.95. The van der Waals surface area contributed by atoms with E-state index in [-0.39, 0.29) is 12.3 Å². The van der Waals surface area contributed by atoms with E-state index in [4.69, 9.17) is 10.5 Å². The largest absolute Gasteiger partial charge is 0.383 e. The average Bonchev–Trinajstić information content (AvgIpc) is 2.94. The highest BCUT2D eigenvalue weighted by atomic mass is 16.5. The number of primary amides is 1. The Morgan fingerprint density at radius 3 is 2.83 bits per heavy atom. The van der Waals surface area contributed by atoms with Gasteiger partial charge in [0.1, 0.15) is 0 Å². The number of methoxy groups -OCH3 is 1. The van der Waals surface area contributed by atoms with Crippen LogP contribution in [0.2, 0.25) is 0 Å². The Morgan fingerprint density at radius 1 is 1.50 bits per heavy atom. The van der Waals surface area contributed by atoms with Gasteiger partial charge in [0.05, 0.1) is 31.0 Å². The van der Waals surface area contributed by atoms with Crippen LogP contribution in [0.1, 0.15) is 43.0 Å². The molecule has 1 saturated carbocycles. The number of hydrogen-bond donors (Lipinski definition) is 1. The molecule has 1 aromatic rings. The molecule has 0 saturated heterocycles. The molecule has 6 nitrogen and oxygen atoms in total. The van der Waals surface area contributed by atoms with Crippen LogP contribution in [0.3, 0.4) is 0 Å². The lowest BCUT2D eigenvalue weighted by atomic mass is 10.0. The van der Waals surface area contributed by atoms with Gasteiger partial charge in [-0.25, -0.2) is 4.68 Å². The summed E-state index contributed by atoms with van der Waals surface area (Å²) in [5, 5.41) is 8.24. The highest BCUT2D eigenvalue weighted by molar-refractivity contribution is 5.76. The Hall–Kier alpha value is -1.43. The summed E-state index contributed by atoms with van der Waals surface area (Å²) in [4.78, 5) is 11.1. The molecule has 1 heterocycles. The Kier molecular flexibility index (Phi) is 4.30. The highest BCUT2D eigenvalue weighted by Crippen LogP contribution is 2.35. The molecule has 1 aliphatic carbocycles. The van der Waals surface area contributed by atoms with E-state index < -0.39 is 0 Å². The molecule has 18 heavy (non-hydrogen) atoms. The van der Waals surface area contributed by atoms with E-state index in [0.29, 0.717) is 19.1 Å². The lowest BCUT2D eigenvalue weighted by Gasteiger charge is -2.13. The monoisotopic (exact) mass is 252 g/mol. The van der Waals surface area contributed by atoms with Gasteiger partial charge in [0.25, 0.3) is 0 Å². The lowest BCUT2D eigenvalue weighted by Crippen LogP contribution is -2.17. The quantitative estimate of drug-likeness (QED) is 0.804. The van der Waals surface area contributed by atoms with Crippen LogP contribution in [-0.4, -0.2) is 34.6 Å². The molecule has 0 unspecified atom stereocenters. The lowest BCUT2D eigenvalue weighted by molar-refractivity contribution is -0.117. The Bertz CT molecular complexity index is 410. The number of ether oxygens (including phenoxy) is 1. The first-order chi connectivity index (χ1) is 8.72. The van der Waals surface area contributed by atoms with Gasteiger partial charge in [0.15, 0.2) is 0 Å². The standard InChI is InChI=1S/C12H20N4O2/c1-18-7-6-16-12(9-4-2-3-5-9)10(14-15-16)8-11(13)17/h9H,2-8H2,1H3,(H2,13,17). The zero-order chi connectivity index (χ0) is 13.0. The Labute approximate surface area is 106 Å². The molecule has 1 fully saturated rings. The molecule has 1 aromatic heterocycles. The maximum Gasteiger partial charge on any atom is 0.223 e. The molecule has 0 aromatic carbocycles. The summed E-state index contributed by atoms with van der Waals surface area (Å²) in [6.07, 6.45) is 4.93. The minimum Gasteiger partial charge on any atom is -0.383 e. The fourth-order valence-corrected chi connectivity index (χ4v) is 2.64.